The van der Waals surface area contributed by atoms with Crippen LogP contribution in [0.5, 0.6) is 0 Å². The second kappa shape index (κ2) is 4.31. The van der Waals surface area contributed by atoms with Gasteiger partial charge in [0.2, 0.25) is 5.78 Å². The van der Waals surface area contributed by atoms with Crippen LogP contribution in [0.1, 0.15) is 10.4 Å². The molecular weight excluding hydrogens is 265 g/mol. The second-order valence-corrected chi connectivity index (χ2v) is 3.21. The zero-order valence-corrected chi connectivity index (χ0v) is 8.37. The van der Waals surface area contributed by atoms with Crippen molar-refractivity contribution in [2.24, 2.45) is 0 Å². The van der Waals surface area contributed by atoms with E-state index in [4.69, 9.17) is 0 Å². The maximum Gasteiger partial charge on any atom is 0.461 e. The Labute approximate surface area is 96.2 Å². The first kappa shape index (κ1) is 14.0. The summed E-state index contributed by atoms with van der Waals surface area (Å²) in [5, 5.41) is 10.2. The fraction of sp³-hybridized carbons (Fsp3) is 0.222. The van der Waals surface area contributed by atoms with E-state index in [1.165, 1.54) is 0 Å². The van der Waals surface area contributed by atoms with Gasteiger partial charge in [-0.15, -0.1) is 0 Å². The lowest BCUT2D eigenvalue weighted by molar-refractivity contribution is -0.384. The van der Waals surface area contributed by atoms with Gasteiger partial charge in [-0.3, -0.25) is 14.9 Å². The third kappa shape index (κ3) is 2.44. The molecule has 0 atom stereocenters. The summed E-state index contributed by atoms with van der Waals surface area (Å²) >= 11 is 0. The fourth-order valence-electron chi connectivity index (χ4n) is 1.04. The lowest BCUT2D eigenvalue weighted by Gasteiger charge is -2.17. The Morgan fingerprint density at radius 2 is 1.50 bits per heavy atom. The second-order valence-electron chi connectivity index (χ2n) is 3.21. The molecule has 0 radical (unpaired) electrons. The molecule has 0 unspecified atom stereocenters. The molecule has 0 aromatic heterocycles. The summed E-state index contributed by atoms with van der Waals surface area (Å²) in [5.74, 6) is -7.98. The van der Waals surface area contributed by atoms with Gasteiger partial charge < -0.3 is 0 Å². The number of carbonyl (C=O) groups excluding carboxylic acids is 1. The monoisotopic (exact) mass is 269 g/mol. The van der Waals surface area contributed by atoms with Crippen LogP contribution >= 0.6 is 0 Å². The molecule has 0 aliphatic heterocycles. The average Bonchev–Trinajstić information content (AvgIpc) is 2.26. The Kier molecular flexibility index (Phi) is 3.36. The molecule has 1 aromatic carbocycles. The van der Waals surface area contributed by atoms with Gasteiger partial charge in [-0.1, -0.05) is 0 Å². The van der Waals surface area contributed by atoms with Crippen molar-refractivity contribution in [2.45, 2.75) is 12.1 Å². The van der Waals surface area contributed by atoms with Crippen LogP contribution in [0.25, 0.3) is 0 Å². The van der Waals surface area contributed by atoms with Crippen LogP contribution in [0, 0.1) is 10.1 Å². The van der Waals surface area contributed by atoms with Crippen molar-refractivity contribution in [3.05, 3.63) is 39.9 Å². The molecule has 9 heteroatoms. The number of alkyl halides is 5. The van der Waals surface area contributed by atoms with Gasteiger partial charge in [0.1, 0.15) is 0 Å². The molecule has 0 fully saturated rings. The maximum atomic E-state index is 12.7. The lowest BCUT2D eigenvalue weighted by atomic mass is 10.0. The zero-order valence-electron chi connectivity index (χ0n) is 8.37. The molecule has 1 aromatic rings. The predicted octanol–water partition coefficient (Wildman–Crippen LogP) is 2.98. The molecule has 0 aliphatic rings. The first-order valence-corrected chi connectivity index (χ1v) is 4.31. The molecule has 0 spiro atoms. The number of halogens is 5. The van der Waals surface area contributed by atoms with E-state index in [-0.39, 0.29) is 0 Å². The standard InChI is InChI=1S/C9H4F5NO3/c10-8(11,9(12,13)14)7(16)5-1-3-6(4-2-5)15(17)18/h1-4H. The summed E-state index contributed by atoms with van der Waals surface area (Å²) in [7, 11) is 0. The van der Waals surface area contributed by atoms with Crippen molar-refractivity contribution < 1.29 is 31.7 Å². The van der Waals surface area contributed by atoms with Gasteiger partial charge >= 0.3 is 12.1 Å². The van der Waals surface area contributed by atoms with E-state index in [2.05, 4.69) is 0 Å². The van der Waals surface area contributed by atoms with Gasteiger partial charge in [0, 0.05) is 17.7 Å². The molecule has 0 amide bonds. The highest BCUT2D eigenvalue weighted by Crippen LogP contribution is 2.38. The summed E-state index contributed by atoms with van der Waals surface area (Å²) in [6.45, 7) is 0. The predicted molar refractivity (Wildman–Crippen MR) is 48.4 cm³/mol. The van der Waals surface area contributed by atoms with Crippen LogP contribution in [0.4, 0.5) is 27.6 Å². The molecule has 18 heavy (non-hydrogen) atoms. The number of Topliss-reactive ketones (excluding diaryl/α,β-unsaturated/α-hetero) is 1. The van der Waals surface area contributed by atoms with Gasteiger partial charge in [-0.2, -0.15) is 22.0 Å². The molecule has 0 bridgehead atoms. The highest BCUT2D eigenvalue weighted by Gasteiger charge is 2.63. The average molecular weight is 269 g/mol. The van der Waals surface area contributed by atoms with Crippen molar-refractivity contribution in [1.29, 1.82) is 0 Å². The molecule has 0 saturated carbocycles. The topological polar surface area (TPSA) is 60.2 Å². The van der Waals surface area contributed by atoms with Crippen LogP contribution in [0.3, 0.4) is 0 Å². The first-order chi connectivity index (χ1) is 8.07. The Morgan fingerprint density at radius 1 is 1.06 bits per heavy atom. The normalized spacial score (nSPS) is 12.3. The van der Waals surface area contributed by atoms with Gasteiger partial charge in [-0.05, 0) is 12.1 Å². The number of ketones is 1. The van der Waals surface area contributed by atoms with Crippen LogP contribution in [-0.4, -0.2) is 22.8 Å². The number of rotatable bonds is 3. The molecule has 0 saturated heterocycles. The molecule has 0 aliphatic carbocycles. The van der Waals surface area contributed by atoms with E-state index in [9.17, 15) is 36.9 Å². The van der Waals surface area contributed by atoms with Crippen molar-refractivity contribution in [2.75, 3.05) is 0 Å². The minimum absolute atomic E-state index is 0.526. The Morgan fingerprint density at radius 3 is 1.83 bits per heavy atom. The SMILES string of the molecule is O=C(c1ccc([N+](=O)[O-])cc1)C(F)(F)C(F)(F)F. The van der Waals surface area contributed by atoms with E-state index in [1.807, 2.05) is 0 Å². The number of nitrogens with zero attached hydrogens (tertiary/aromatic N) is 1. The number of nitro groups is 1. The summed E-state index contributed by atoms with van der Waals surface area (Å²) in [6, 6.07) is 2.42. The quantitative estimate of drug-likeness (QED) is 0.367. The largest absolute Gasteiger partial charge is 0.461 e. The molecule has 98 valence electrons. The molecule has 0 heterocycles. The molecule has 4 nitrogen and oxygen atoms in total. The molecule has 0 N–H and O–H groups in total. The lowest BCUT2D eigenvalue weighted by Crippen LogP contribution is -2.44. The zero-order chi connectivity index (χ0) is 14.1. The van der Waals surface area contributed by atoms with Gasteiger partial charge in [0.15, 0.2) is 0 Å². The van der Waals surface area contributed by atoms with E-state index in [0.29, 0.717) is 24.3 Å². The fourth-order valence-corrected chi connectivity index (χ4v) is 1.04. The summed E-state index contributed by atoms with van der Waals surface area (Å²) in [4.78, 5) is 20.3. The van der Waals surface area contributed by atoms with Gasteiger partial charge in [0.25, 0.3) is 5.69 Å². The number of non-ortho nitro benzene ring substituents is 1. The van der Waals surface area contributed by atoms with E-state index in [0.717, 1.165) is 0 Å². The number of benzene rings is 1. The Bertz CT molecular complexity index is 480. The Balaban J connectivity index is 3.09. The van der Waals surface area contributed by atoms with Crippen LogP contribution in [-0.2, 0) is 0 Å². The Hall–Kier alpha value is -2.06. The van der Waals surface area contributed by atoms with Crippen LogP contribution in [0.2, 0.25) is 0 Å². The number of hydrogen-bond donors (Lipinski definition) is 0. The maximum absolute atomic E-state index is 12.7. The van der Waals surface area contributed by atoms with Crippen molar-refractivity contribution in [3.63, 3.8) is 0 Å². The van der Waals surface area contributed by atoms with Crippen LogP contribution < -0.4 is 0 Å². The molecule has 1 rings (SSSR count). The summed E-state index contributed by atoms with van der Waals surface area (Å²) in [6.07, 6.45) is -6.01. The highest BCUT2D eigenvalue weighted by atomic mass is 19.4. The van der Waals surface area contributed by atoms with Gasteiger partial charge in [0.05, 0.1) is 4.92 Å². The third-order valence-electron chi connectivity index (χ3n) is 1.98. The summed E-state index contributed by atoms with van der Waals surface area (Å²) < 4.78 is 61.0. The summed E-state index contributed by atoms with van der Waals surface area (Å²) in [5.41, 5.74) is -1.48. The third-order valence-corrected chi connectivity index (χ3v) is 1.98. The number of carbonyl (C=O) groups is 1. The van der Waals surface area contributed by atoms with E-state index >= 15 is 0 Å². The van der Waals surface area contributed by atoms with Crippen molar-refractivity contribution in [3.8, 4) is 0 Å². The minimum Gasteiger partial charge on any atom is -0.287 e. The smallest absolute Gasteiger partial charge is 0.287 e. The van der Waals surface area contributed by atoms with E-state index in [1.54, 1.807) is 0 Å². The molecular formula is C9H4F5NO3. The van der Waals surface area contributed by atoms with Crippen molar-refractivity contribution >= 4 is 11.5 Å². The van der Waals surface area contributed by atoms with E-state index < -0.39 is 34.1 Å². The van der Waals surface area contributed by atoms with Crippen LogP contribution in [0.15, 0.2) is 24.3 Å². The number of nitro benzene ring substituents is 1. The van der Waals surface area contributed by atoms with Gasteiger partial charge in [-0.25, -0.2) is 0 Å². The minimum atomic E-state index is -6.01. The first-order valence-electron chi connectivity index (χ1n) is 4.31. The van der Waals surface area contributed by atoms with Crippen molar-refractivity contribution in [1.82, 2.24) is 0 Å². The highest BCUT2D eigenvalue weighted by molar-refractivity contribution is 6.02. The number of hydrogen-bond acceptors (Lipinski definition) is 3.